The van der Waals surface area contributed by atoms with Gasteiger partial charge in [-0.3, -0.25) is 4.79 Å². The quantitative estimate of drug-likeness (QED) is 0.643. The summed E-state index contributed by atoms with van der Waals surface area (Å²) in [5, 5.41) is 2.54. The van der Waals surface area contributed by atoms with Gasteiger partial charge in [0, 0.05) is 16.3 Å². The molecule has 0 aliphatic carbocycles. The number of carbonyl (C=O) groups is 1. The third-order valence-electron chi connectivity index (χ3n) is 3.78. The molecule has 6 heteroatoms. The number of halogens is 4. The summed E-state index contributed by atoms with van der Waals surface area (Å²) in [5.74, 6) is -0.636. The Labute approximate surface area is 156 Å². The van der Waals surface area contributed by atoms with Gasteiger partial charge in [0.15, 0.2) is 0 Å². The van der Waals surface area contributed by atoms with Gasteiger partial charge in [0.1, 0.15) is 0 Å². The van der Waals surface area contributed by atoms with Gasteiger partial charge < -0.3 is 5.32 Å². The fourth-order valence-electron chi connectivity index (χ4n) is 2.57. The first-order valence-corrected chi connectivity index (χ1v) is 8.52. The molecule has 0 heterocycles. The molecule has 2 nitrogen and oxygen atoms in total. The highest BCUT2D eigenvalue weighted by atomic mass is 35.5. The molecule has 0 bridgehead atoms. The van der Waals surface area contributed by atoms with Gasteiger partial charge in [-0.25, -0.2) is 0 Å². The molecule has 2 aromatic rings. The van der Waals surface area contributed by atoms with Crippen molar-refractivity contribution in [3.63, 3.8) is 0 Å². The van der Waals surface area contributed by atoms with Gasteiger partial charge in [0.05, 0.1) is 5.56 Å². The first-order valence-electron chi connectivity index (χ1n) is 8.14. The lowest BCUT2D eigenvalue weighted by molar-refractivity contribution is -0.138. The molecule has 0 saturated carbocycles. The second kappa shape index (κ2) is 7.31. The third kappa shape index (κ3) is 5.24. The van der Waals surface area contributed by atoms with Crippen LogP contribution < -0.4 is 5.32 Å². The van der Waals surface area contributed by atoms with Gasteiger partial charge >= 0.3 is 6.18 Å². The summed E-state index contributed by atoms with van der Waals surface area (Å²) in [6.07, 6.45) is -4.44. The topological polar surface area (TPSA) is 29.1 Å². The fourth-order valence-corrected chi connectivity index (χ4v) is 2.86. The highest BCUT2D eigenvalue weighted by Crippen LogP contribution is 2.39. The summed E-state index contributed by atoms with van der Waals surface area (Å²) < 4.78 is 40.6. The average Bonchev–Trinajstić information content (AvgIpc) is 2.49. The van der Waals surface area contributed by atoms with Crippen molar-refractivity contribution in [1.82, 2.24) is 0 Å². The average molecular weight is 384 g/mol. The summed E-state index contributed by atoms with van der Waals surface area (Å²) in [7, 11) is 0. The maximum atomic E-state index is 13.5. The highest BCUT2D eigenvalue weighted by Gasteiger charge is 2.36. The standard InChI is InChI=1S/C20H21ClF3NO/c1-12-5-7-14(8-6-12)25-18(26)13-9-16(20(22,23)24)15(17(21)10-13)11-19(2,3)4/h5-10H,11H2,1-4H3,(H,25,26). The molecule has 0 fully saturated rings. The molecule has 0 aliphatic heterocycles. The molecule has 2 aromatic carbocycles. The first kappa shape index (κ1) is 20.3. The Kier molecular flexibility index (Phi) is 5.71. The van der Waals surface area contributed by atoms with Crippen LogP contribution in [0.3, 0.4) is 0 Å². The molecule has 0 unspecified atom stereocenters. The molecule has 0 aromatic heterocycles. The van der Waals surface area contributed by atoms with E-state index >= 15 is 0 Å². The summed E-state index contributed by atoms with van der Waals surface area (Å²) in [6.45, 7) is 7.40. The van der Waals surface area contributed by atoms with Gasteiger partial charge in [-0.2, -0.15) is 13.2 Å². The lowest BCUT2D eigenvalue weighted by Gasteiger charge is -2.23. The molecule has 0 radical (unpaired) electrons. The molecule has 0 atom stereocenters. The molecule has 0 spiro atoms. The SMILES string of the molecule is Cc1ccc(NC(=O)c2cc(Cl)c(CC(C)(C)C)c(C(F)(F)F)c2)cc1. The van der Waals surface area contributed by atoms with E-state index < -0.39 is 17.6 Å². The van der Waals surface area contributed by atoms with Gasteiger partial charge in [0.2, 0.25) is 0 Å². The predicted molar refractivity (Wildman–Crippen MR) is 98.7 cm³/mol. The van der Waals surface area contributed by atoms with Crippen LogP contribution in [0.1, 0.15) is 47.8 Å². The number of benzene rings is 2. The zero-order chi connectivity index (χ0) is 19.7. The van der Waals surface area contributed by atoms with Gasteiger partial charge in [-0.05, 0) is 48.6 Å². The Morgan fingerprint density at radius 2 is 1.65 bits per heavy atom. The number of alkyl halides is 3. The fraction of sp³-hybridized carbons (Fsp3) is 0.350. The van der Waals surface area contributed by atoms with Crippen LogP contribution in [0.4, 0.5) is 18.9 Å². The molecule has 2 rings (SSSR count). The number of anilines is 1. The van der Waals surface area contributed by atoms with Crippen LogP contribution in [0.15, 0.2) is 36.4 Å². The number of rotatable bonds is 3. The smallest absolute Gasteiger partial charge is 0.322 e. The van der Waals surface area contributed by atoms with E-state index in [1.165, 1.54) is 6.07 Å². The van der Waals surface area contributed by atoms with Crippen molar-refractivity contribution >= 4 is 23.2 Å². The minimum absolute atomic E-state index is 0.0125. The van der Waals surface area contributed by atoms with Crippen LogP contribution in [-0.4, -0.2) is 5.91 Å². The lowest BCUT2D eigenvalue weighted by Crippen LogP contribution is -2.19. The van der Waals surface area contributed by atoms with E-state index in [2.05, 4.69) is 5.32 Å². The maximum absolute atomic E-state index is 13.5. The van der Waals surface area contributed by atoms with E-state index in [-0.39, 0.29) is 28.0 Å². The minimum Gasteiger partial charge on any atom is -0.322 e. The summed E-state index contributed by atoms with van der Waals surface area (Å²) in [4.78, 5) is 12.4. The van der Waals surface area contributed by atoms with Crippen LogP contribution in [0.5, 0.6) is 0 Å². The van der Waals surface area contributed by atoms with Gasteiger partial charge in [-0.15, -0.1) is 0 Å². The molecule has 0 saturated heterocycles. The van der Waals surface area contributed by atoms with E-state index in [1.54, 1.807) is 24.3 Å². The normalized spacial score (nSPS) is 12.2. The minimum atomic E-state index is -4.59. The van der Waals surface area contributed by atoms with Crippen LogP contribution in [-0.2, 0) is 12.6 Å². The number of hydrogen-bond acceptors (Lipinski definition) is 1. The number of amides is 1. The molecule has 1 N–H and O–H groups in total. The van der Waals surface area contributed by atoms with E-state index in [4.69, 9.17) is 11.6 Å². The van der Waals surface area contributed by atoms with Crippen molar-refractivity contribution in [2.45, 2.75) is 40.3 Å². The second-order valence-electron chi connectivity index (χ2n) is 7.54. The molecule has 1 amide bonds. The number of aryl methyl sites for hydroxylation is 1. The molecular weight excluding hydrogens is 363 g/mol. The van der Waals surface area contributed by atoms with E-state index in [9.17, 15) is 18.0 Å². The van der Waals surface area contributed by atoms with Gasteiger partial charge in [0.25, 0.3) is 5.91 Å². The van der Waals surface area contributed by atoms with E-state index in [0.29, 0.717) is 5.69 Å². The van der Waals surface area contributed by atoms with Crippen molar-refractivity contribution in [1.29, 1.82) is 0 Å². The lowest BCUT2D eigenvalue weighted by atomic mass is 9.85. The Hall–Kier alpha value is -2.01. The highest BCUT2D eigenvalue weighted by molar-refractivity contribution is 6.32. The second-order valence-corrected chi connectivity index (χ2v) is 7.95. The molecule has 0 aliphatic rings. The zero-order valence-electron chi connectivity index (χ0n) is 15.1. The number of hydrogen-bond donors (Lipinski definition) is 1. The van der Waals surface area contributed by atoms with Crippen molar-refractivity contribution in [3.8, 4) is 0 Å². The zero-order valence-corrected chi connectivity index (χ0v) is 15.8. The van der Waals surface area contributed by atoms with Crippen LogP contribution >= 0.6 is 11.6 Å². The summed E-state index contributed by atoms with van der Waals surface area (Å²) in [6, 6.07) is 9.14. The van der Waals surface area contributed by atoms with E-state index in [1.807, 2.05) is 27.7 Å². The Morgan fingerprint density at radius 3 is 2.15 bits per heavy atom. The third-order valence-corrected chi connectivity index (χ3v) is 4.12. The van der Waals surface area contributed by atoms with Crippen LogP contribution in [0.25, 0.3) is 0 Å². The Morgan fingerprint density at radius 1 is 1.08 bits per heavy atom. The van der Waals surface area contributed by atoms with Gasteiger partial charge in [-0.1, -0.05) is 50.1 Å². The van der Waals surface area contributed by atoms with Crippen molar-refractivity contribution in [2.24, 2.45) is 5.41 Å². The summed E-state index contributed by atoms with van der Waals surface area (Å²) >= 11 is 6.13. The van der Waals surface area contributed by atoms with E-state index in [0.717, 1.165) is 11.6 Å². The first-order chi connectivity index (χ1) is 11.9. The summed E-state index contributed by atoms with van der Waals surface area (Å²) in [5.41, 5.74) is 0.157. The van der Waals surface area contributed by atoms with Crippen LogP contribution in [0.2, 0.25) is 5.02 Å². The Balaban J connectivity index is 2.42. The monoisotopic (exact) mass is 383 g/mol. The Bertz CT molecular complexity index is 806. The van der Waals surface area contributed by atoms with Crippen molar-refractivity contribution in [2.75, 3.05) is 5.32 Å². The molecular formula is C20H21ClF3NO. The largest absolute Gasteiger partial charge is 0.416 e. The van der Waals surface area contributed by atoms with Crippen LogP contribution in [0, 0.1) is 12.3 Å². The molecule has 140 valence electrons. The maximum Gasteiger partial charge on any atom is 0.416 e. The van der Waals surface area contributed by atoms with Crippen molar-refractivity contribution in [3.05, 3.63) is 63.7 Å². The van der Waals surface area contributed by atoms with Crippen molar-refractivity contribution < 1.29 is 18.0 Å². The molecule has 26 heavy (non-hydrogen) atoms. The predicted octanol–water partition coefficient (Wildman–Crippen LogP) is 6.51. The number of carbonyl (C=O) groups excluding carboxylic acids is 1. The number of nitrogens with one attached hydrogen (secondary N) is 1.